The first-order valence-electron chi connectivity index (χ1n) is 3.75. The predicted molar refractivity (Wildman–Crippen MR) is 51.1 cm³/mol. The number of hydrogen-bond acceptors (Lipinski definition) is 2. The van der Waals surface area contributed by atoms with E-state index in [9.17, 15) is 0 Å². The van der Waals surface area contributed by atoms with E-state index in [0.717, 1.165) is 0 Å². The molecule has 0 unspecified atom stereocenters. The average Bonchev–Trinajstić information content (AvgIpc) is 2.56. The molecule has 2 heteroatoms. The van der Waals surface area contributed by atoms with Crippen LogP contribution in [0.15, 0.2) is 30.5 Å². The zero-order valence-corrected chi connectivity index (χ0v) is 7.56. The topological polar surface area (TPSA) is 12.9 Å². The van der Waals surface area contributed by atoms with Crippen LogP contribution in [0.5, 0.6) is 0 Å². The van der Waals surface area contributed by atoms with Crippen LogP contribution in [-0.2, 0) is 0 Å². The van der Waals surface area contributed by atoms with Gasteiger partial charge in [0.1, 0.15) is 0 Å². The van der Waals surface area contributed by atoms with Crippen molar-refractivity contribution in [3.05, 3.63) is 41.5 Å². The summed E-state index contributed by atoms with van der Waals surface area (Å²) in [7, 11) is 0. The van der Waals surface area contributed by atoms with Crippen LogP contribution in [0.1, 0.15) is 5.56 Å². The Morgan fingerprint density at radius 1 is 1.42 bits per heavy atom. The molecule has 1 aromatic heterocycles. The molecule has 0 N–H and O–H groups in total. The summed E-state index contributed by atoms with van der Waals surface area (Å²) >= 11 is 1.55. The van der Waals surface area contributed by atoms with Crippen LogP contribution in [0.2, 0.25) is 0 Å². The molecule has 0 aliphatic carbocycles. The van der Waals surface area contributed by atoms with Crippen LogP contribution in [0.4, 0.5) is 0 Å². The summed E-state index contributed by atoms with van der Waals surface area (Å²) < 4.78 is 0. The zero-order chi connectivity index (χ0) is 8.39. The highest BCUT2D eigenvalue weighted by atomic mass is 32.1. The molecule has 1 radical (unpaired) electrons. The van der Waals surface area contributed by atoms with Crippen LogP contribution in [0, 0.1) is 12.4 Å². The summed E-state index contributed by atoms with van der Waals surface area (Å²) in [4.78, 5) is 5.10. The Hall–Kier alpha value is -1.15. The Labute approximate surface area is 75.7 Å². The van der Waals surface area contributed by atoms with Crippen molar-refractivity contribution < 1.29 is 0 Å². The molecular weight excluding hydrogens is 166 g/mol. The van der Waals surface area contributed by atoms with E-state index >= 15 is 0 Å². The van der Waals surface area contributed by atoms with Crippen molar-refractivity contribution in [1.29, 1.82) is 0 Å². The van der Waals surface area contributed by atoms with Crippen LogP contribution < -0.4 is 0 Å². The lowest BCUT2D eigenvalue weighted by molar-refractivity contribution is 1.40. The fourth-order valence-electron chi connectivity index (χ4n) is 1.12. The van der Waals surface area contributed by atoms with E-state index in [4.69, 9.17) is 0 Å². The van der Waals surface area contributed by atoms with Crippen molar-refractivity contribution >= 4 is 11.3 Å². The molecule has 0 atom stereocenters. The molecule has 2 aromatic rings. The number of nitrogens with zero attached hydrogens (tertiary/aromatic N) is 1. The molecule has 0 spiro atoms. The number of thiazole rings is 1. The third-order valence-corrected chi connectivity index (χ3v) is 2.45. The van der Waals surface area contributed by atoms with E-state index in [-0.39, 0.29) is 0 Å². The first-order valence-corrected chi connectivity index (χ1v) is 4.57. The average molecular weight is 174 g/mol. The number of benzene rings is 1. The fraction of sp³-hybridized carbons (Fsp3) is 0.100. The Kier molecular flexibility index (Phi) is 1.92. The van der Waals surface area contributed by atoms with Crippen LogP contribution >= 0.6 is 11.3 Å². The standard InChI is InChI=1S/C10H8NS/c1-8-3-2-4-9(5-8)10-6-11-7-12-10/h2-6H,1H3. The van der Waals surface area contributed by atoms with Crippen molar-refractivity contribution in [3.8, 4) is 10.4 Å². The van der Waals surface area contributed by atoms with E-state index in [1.165, 1.54) is 16.0 Å². The van der Waals surface area contributed by atoms with Crippen LogP contribution in [0.25, 0.3) is 10.4 Å². The van der Waals surface area contributed by atoms with Gasteiger partial charge in [0, 0.05) is 6.20 Å². The van der Waals surface area contributed by atoms with Crippen molar-refractivity contribution in [2.45, 2.75) is 6.92 Å². The minimum Gasteiger partial charge on any atom is -0.241 e. The molecule has 0 aliphatic rings. The maximum absolute atomic E-state index is 3.92. The maximum atomic E-state index is 3.92. The Morgan fingerprint density at radius 3 is 3.00 bits per heavy atom. The smallest absolute Gasteiger partial charge is 0.152 e. The summed E-state index contributed by atoms with van der Waals surface area (Å²) in [6.45, 7) is 2.09. The van der Waals surface area contributed by atoms with E-state index in [2.05, 4.69) is 41.7 Å². The summed E-state index contributed by atoms with van der Waals surface area (Å²) in [5, 5.41) is 0. The summed E-state index contributed by atoms with van der Waals surface area (Å²) in [6.07, 6.45) is 1.85. The van der Waals surface area contributed by atoms with Gasteiger partial charge in [0.2, 0.25) is 0 Å². The Balaban J connectivity index is 2.48. The van der Waals surface area contributed by atoms with Gasteiger partial charge in [-0.25, -0.2) is 4.98 Å². The minimum atomic E-state index is 1.18. The van der Waals surface area contributed by atoms with Gasteiger partial charge in [-0.3, -0.25) is 0 Å². The highest BCUT2D eigenvalue weighted by Gasteiger charge is 1.97. The van der Waals surface area contributed by atoms with Crippen LogP contribution in [-0.4, -0.2) is 4.98 Å². The van der Waals surface area contributed by atoms with Gasteiger partial charge in [-0.05, 0) is 12.5 Å². The monoisotopic (exact) mass is 174 g/mol. The molecule has 1 aromatic carbocycles. The van der Waals surface area contributed by atoms with Gasteiger partial charge in [-0.15, -0.1) is 11.3 Å². The zero-order valence-electron chi connectivity index (χ0n) is 6.74. The second kappa shape index (κ2) is 3.07. The summed E-state index contributed by atoms with van der Waals surface area (Å²) in [5.74, 6) is 0. The molecule has 12 heavy (non-hydrogen) atoms. The lowest BCUT2D eigenvalue weighted by atomic mass is 10.1. The van der Waals surface area contributed by atoms with Gasteiger partial charge in [0.15, 0.2) is 5.51 Å². The molecule has 59 valence electrons. The van der Waals surface area contributed by atoms with E-state index in [1.54, 1.807) is 11.3 Å². The quantitative estimate of drug-likeness (QED) is 0.647. The van der Waals surface area contributed by atoms with Crippen molar-refractivity contribution in [1.82, 2.24) is 4.98 Å². The molecule has 0 amide bonds. The van der Waals surface area contributed by atoms with Gasteiger partial charge in [0.25, 0.3) is 0 Å². The van der Waals surface area contributed by atoms with E-state index < -0.39 is 0 Å². The largest absolute Gasteiger partial charge is 0.241 e. The summed E-state index contributed by atoms with van der Waals surface area (Å²) in [6, 6.07) is 8.40. The first kappa shape index (κ1) is 7.50. The van der Waals surface area contributed by atoms with Crippen molar-refractivity contribution in [2.75, 3.05) is 0 Å². The van der Waals surface area contributed by atoms with Crippen molar-refractivity contribution in [2.24, 2.45) is 0 Å². The molecule has 1 heterocycles. The van der Waals surface area contributed by atoms with Gasteiger partial charge >= 0.3 is 0 Å². The highest BCUT2D eigenvalue weighted by Crippen LogP contribution is 2.22. The van der Waals surface area contributed by atoms with E-state index in [1.807, 2.05) is 6.20 Å². The predicted octanol–water partition coefficient (Wildman–Crippen LogP) is 2.92. The number of aromatic nitrogens is 1. The number of hydrogen-bond donors (Lipinski definition) is 0. The Morgan fingerprint density at radius 2 is 2.33 bits per heavy atom. The van der Waals surface area contributed by atoms with E-state index in [0.29, 0.717) is 0 Å². The van der Waals surface area contributed by atoms with Gasteiger partial charge in [0.05, 0.1) is 4.88 Å². The lowest BCUT2D eigenvalue weighted by Crippen LogP contribution is -1.73. The van der Waals surface area contributed by atoms with Gasteiger partial charge < -0.3 is 0 Å². The molecule has 0 saturated carbocycles. The molecular formula is C10H8NS. The minimum absolute atomic E-state index is 1.18. The number of aryl methyl sites for hydroxylation is 1. The molecule has 0 saturated heterocycles. The molecule has 0 aliphatic heterocycles. The molecule has 0 bridgehead atoms. The molecule has 1 nitrogen and oxygen atoms in total. The third-order valence-electron chi connectivity index (χ3n) is 1.69. The maximum Gasteiger partial charge on any atom is 0.152 e. The highest BCUT2D eigenvalue weighted by molar-refractivity contribution is 7.12. The number of rotatable bonds is 1. The second-order valence-electron chi connectivity index (χ2n) is 2.69. The normalized spacial score (nSPS) is 10.1. The fourth-order valence-corrected chi connectivity index (χ4v) is 1.67. The van der Waals surface area contributed by atoms with Gasteiger partial charge in [-0.2, -0.15) is 0 Å². The van der Waals surface area contributed by atoms with Crippen molar-refractivity contribution in [3.63, 3.8) is 0 Å². The molecule has 0 fully saturated rings. The lowest BCUT2D eigenvalue weighted by Gasteiger charge is -1.96. The second-order valence-corrected chi connectivity index (χ2v) is 3.51. The first-order chi connectivity index (χ1) is 5.86. The SMILES string of the molecule is Cc1cccc(-c2cn[c]s2)c1. The van der Waals surface area contributed by atoms with Gasteiger partial charge in [-0.1, -0.05) is 29.8 Å². The Bertz CT molecular complexity index is 365. The molecule has 2 rings (SSSR count). The third kappa shape index (κ3) is 1.38. The van der Waals surface area contributed by atoms with Crippen LogP contribution in [0.3, 0.4) is 0 Å². The summed E-state index contributed by atoms with van der Waals surface area (Å²) in [5.41, 5.74) is 5.35.